The van der Waals surface area contributed by atoms with Gasteiger partial charge in [0, 0.05) is 12.8 Å². The van der Waals surface area contributed by atoms with Crippen molar-refractivity contribution in [2.45, 2.75) is 180 Å². The molecule has 0 rings (SSSR count). The van der Waals surface area contributed by atoms with Crippen molar-refractivity contribution in [1.29, 1.82) is 0 Å². The number of carbonyl (C=O) groups excluding carboxylic acids is 1. The molecule has 0 aliphatic heterocycles. The van der Waals surface area contributed by atoms with Crippen molar-refractivity contribution in [3.63, 3.8) is 0 Å². The first kappa shape index (κ1) is 43.4. The molecule has 0 amide bonds. The van der Waals surface area contributed by atoms with Crippen LogP contribution in [-0.2, 0) is 14.3 Å². The van der Waals surface area contributed by atoms with E-state index in [9.17, 15) is 9.59 Å². The lowest BCUT2D eigenvalue weighted by molar-refractivity contribution is -0.147. The second-order valence-electron chi connectivity index (χ2n) is 12.4. The number of hydrogen-bond acceptors (Lipinski definition) is 3. The summed E-state index contributed by atoms with van der Waals surface area (Å²) in [5.74, 6) is -0.921. The third-order valence-corrected chi connectivity index (χ3v) is 7.90. The zero-order chi connectivity index (χ0) is 33.6. The van der Waals surface area contributed by atoms with Crippen molar-refractivity contribution in [2.75, 3.05) is 0 Å². The van der Waals surface area contributed by atoms with Crippen LogP contribution >= 0.6 is 0 Å². The molecule has 0 heterocycles. The van der Waals surface area contributed by atoms with E-state index in [1.54, 1.807) is 0 Å². The molecule has 4 heteroatoms. The predicted molar refractivity (Wildman–Crippen MR) is 199 cm³/mol. The summed E-state index contributed by atoms with van der Waals surface area (Å²) < 4.78 is 5.77. The number of allylic oxidation sites excluding steroid dienone is 11. The minimum Gasteiger partial charge on any atom is -0.481 e. The average molecular weight is 639 g/mol. The number of ether oxygens (including phenoxy) is 1. The van der Waals surface area contributed by atoms with Crippen molar-refractivity contribution < 1.29 is 19.4 Å². The van der Waals surface area contributed by atoms with Gasteiger partial charge in [-0.3, -0.25) is 9.59 Å². The van der Waals surface area contributed by atoms with E-state index in [2.05, 4.69) is 74.6 Å². The Balaban J connectivity index is 4.08. The number of carboxylic acid groups (broad SMARTS) is 1. The van der Waals surface area contributed by atoms with Crippen molar-refractivity contribution in [2.24, 2.45) is 0 Å². The predicted octanol–water partition coefficient (Wildman–Crippen LogP) is 13.1. The summed E-state index contributed by atoms with van der Waals surface area (Å²) in [6.07, 6.45) is 52.1. The van der Waals surface area contributed by atoms with Crippen molar-refractivity contribution in [3.05, 3.63) is 72.9 Å². The van der Waals surface area contributed by atoms with Gasteiger partial charge in [-0.2, -0.15) is 0 Å². The Morgan fingerprint density at radius 2 is 0.978 bits per heavy atom. The summed E-state index contributed by atoms with van der Waals surface area (Å²) in [6, 6.07) is 0. The van der Waals surface area contributed by atoms with Gasteiger partial charge in [-0.25, -0.2) is 0 Å². The minimum atomic E-state index is -0.779. The second-order valence-corrected chi connectivity index (χ2v) is 12.4. The van der Waals surface area contributed by atoms with Gasteiger partial charge in [0.2, 0.25) is 0 Å². The molecule has 0 fully saturated rings. The van der Waals surface area contributed by atoms with Crippen LogP contribution in [0.5, 0.6) is 0 Å². The molecule has 262 valence electrons. The van der Waals surface area contributed by atoms with Crippen LogP contribution in [0.3, 0.4) is 0 Å². The highest BCUT2D eigenvalue weighted by Gasteiger charge is 2.11. The number of aliphatic carboxylic acids is 1. The van der Waals surface area contributed by atoms with Gasteiger partial charge < -0.3 is 9.84 Å². The lowest BCUT2D eigenvalue weighted by Crippen LogP contribution is -2.16. The van der Waals surface area contributed by atoms with Crippen LogP contribution in [0.15, 0.2) is 72.9 Å². The molecule has 46 heavy (non-hydrogen) atoms. The van der Waals surface area contributed by atoms with E-state index in [1.807, 2.05) is 12.2 Å². The lowest BCUT2D eigenvalue weighted by Gasteiger charge is -2.14. The number of carboxylic acids is 1. The van der Waals surface area contributed by atoms with Crippen LogP contribution in [0.4, 0.5) is 0 Å². The van der Waals surface area contributed by atoms with Gasteiger partial charge in [0.25, 0.3) is 0 Å². The maximum absolute atomic E-state index is 12.5. The number of unbranched alkanes of at least 4 members (excludes halogenated alkanes) is 14. The fourth-order valence-electron chi connectivity index (χ4n) is 5.12. The van der Waals surface area contributed by atoms with Gasteiger partial charge in [-0.1, -0.05) is 145 Å². The van der Waals surface area contributed by atoms with Crippen molar-refractivity contribution in [1.82, 2.24) is 0 Å². The van der Waals surface area contributed by atoms with Crippen LogP contribution in [0, 0.1) is 0 Å². The van der Waals surface area contributed by atoms with E-state index < -0.39 is 5.97 Å². The molecular weight excluding hydrogens is 568 g/mol. The first-order valence-electron chi connectivity index (χ1n) is 18.9. The third-order valence-electron chi connectivity index (χ3n) is 7.90. The highest BCUT2D eigenvalue weighted by Crippen LogP contribution is 2.14. The maximum atomic E-state index is 12.5. The molecule has 0 saturated heterocycles. The number of rotatable bonds is 33. The Kier molecular flexibility index (Phi) is 34.7. The Morgan fingerprint density at radius 1 is 0.522 bits per heavy atom. The van der Waals surface area contributed by atoms with Crippen molar-refractivity contribution >= 4 is 11.9 Å². The summed E-state index contributed by atoms with van der Waals surface area (Å²) in [7, 11) is 0. The standard InChI is InChI=1S/C42H70O4/c1-3-5-7-9-11-13-15-17-19-20-21-23-25-27-29-31-33-39-42(45)46-40(37-34-35-38-41(43)44)36-32-30-28-26-24-22-18-16-14-12-10-8-6-4-2/h6,8,12,14,17-19,22,26,28,32,36,40H,3-5,7,9-11,13,15-16,20-21,23-25,27,29-31,33-35,37-39H2,1-2H3,(H,43,44)/b8-6-,14-12-,19-17-,22-18-,28-26-,36-32-. The van der Waals surface area contributed by atoms with Crippen LogP contribution in [0.25, 0.3) is 0 Å². The quantitative estimate of drug-likeness (QED) is 0.0441. The van der Waals surface area contributed by atoms with Gasteiger partial charge in [0.05, 0.1) is 0 Å². The molecule has 0 aromatic heterocycles. The minimum absolute atomic E-state index is 0.142. The summed E-state index contributed by atoms with van der Waals surface area (Å²) in [4.78, 5) is 23.4. The molecule has 1 unspecified atom stereocenters. The second kappa shape index (κ2) is 36.8. The summed E-state index contributed by atoms with van der Waals surface area (Å²) in [5.41, 5.74) is 0. The molecule has 0 saturated carbocycles. The fraction of sp³-hybridized carbons (Fsp3) is 0.667. The van der Waals surface area contributed by atoms with E-state index in [-0.39, 0.29) is 18.5 Å². The maximum Gasteiger partial charge on any atom is 0.306 e. The molecule has 0 spiro atoms. The van der Waals surface area contributed by atoms with Gasteiger partial charge >= 0.3 is 11.9 Å². The monoisotopic (exact) mass is 639 g/mol. The Morgan fingerprint density at radius 3 is 1.50 bits per heavy atom. The smallest absolute Gasteiger partial charge is 0.306 e. The SMILES string of the molecule is CC/C=C\C/C=C\C/C=C\C/C=C\C/C=C\C(CCCCC(=O)O)OC(=O)CCCCCCCCC/C=C\CCCCCCCC. The van der Waals surface area contributed by atoms with E-state index >= 15 is 0 Å². The highest BCUT2D eigenvalue weighted by atomic mass is 16.5. The summed E-state index contributed by atoms with van der Waals surface area (Å²) in [5, 5.41) is 8.92. The van der Waals surface area contributed by atoms with Crippen LogP contribution in [0.1, 0.15) is 174 Å². The van der Waals surface area contributed by atoms with E-state index in [0.29, 0.717) is 19.3 Å². The molecule has 0 aromatic carbocycles. The van der Waals surface area contributed by atoms with Gasteiger partial charge in [-0.05, 0) is 89.5 Å². The summed E-state index contributed by atoms with van der Waals surface area (Å²) >= 11 is 0. The number of esters is 1. The first-order chi connectivity index (χ1) is 22.6. The van der Waals surface area contributed by atoms with Crippen LogP contribution in [-0.4, -0.2) is 23.1 Å². The molecule has 4 nitrogen and oxygen atoms in total. The van der Waals surface area contributed by atoms with Gasteiger partial charge in [0.15, 0.2) is 0 Å². The molecule has 0 aliphatic carbocycles. The van der Waals surface area contributed by atoms with Crippen LogP contribution < -0.4 is 0 Å². The van der Waals surface area contributed by atoms with E-state index in [4.69, 9.17) is 9.84 Å². The zero-order valence-electron chi connectivity index (χ0n) is 29.9. The van der Waals surface area contributed by atoms with Crippen molar-refractivity contribution in [3.8, 4) is 0 Å². The molecule has 0 aliphatic rings. The van der Waals surface area contributed by atoms with E-state index in [1.165, 1.54) is 83.5 Å². The molecular formula is C42H70O4. The van der Waals surface area contributed by atoms with Gasteiger partial charge in [-0.15, -0.1) is 0 Å². The molecule has 1 atom stereocenters. The Hall–Kier alpha value is -2.62. The van der Waals surface area contributed by atoms with Gasteiger partial charge in [0.1, 0.15) is 6.10 Å². The number of hydrogen-bond donors (Lipinski definition) is 1. The molecule has 0 bridgehead atoms. The largest absolute Gasteiger partial charge is 0.481 e. The first-order valence-corrected chi connectivity index (χ1v) is 18.9. The number of carbonyl (C=O) groups is 2. The Bertz CT molecular complexity index is 861. The normalized spacial score (nSPS) is 13.1. The molecule has 1 N–H and O–H groups in total. The Labute approximate surface area is 284 Å². The highest BCUT2D eigenvalue weighted by molar-refractivity contribution is 5.69. The topological polar surface area (TPSA) is 63.6 Å². The lowest BCUT2D eigenvalue weighted by atomic mass is 10.1. The molecule has 0 radical (unpaired) electrons. The van der Waals surface area contributed by atoms with Crippen LogP contribution in [0.2, 0.25) is 0 Å². The summed E-state index contributed by atoms with van der Waals surface area (Å²) in [6.45, 7) is 4.41. The fourth-order valence-corrected chi connectivity index (χ4v) is 5.12. The molecule has 0 aromatic rings. The van der Waals surface area contributed by atoms with E-state index in [0.717, 1.165) is 51.4 Å². The third kappa shape index (κ3) is 35.9. The zero-order valence-corrected chi connectivity index (χ0v) is 29.9. The average Bonchev–Trinajstić information content (AvgIpc) is 3.04.